The first kappa shape index (κ1) is 27.8. The Morgan fingerprint density at radius 3 is 2.68 bits per heavy atom. The van der Waals surface area contributed by atoms with E-state index in [1.807, 2.05) is 19.3 Å². The van der Waals surface area contributed by atoms with Crippen molar-refractivity contribution in [3.05, 3.63) is 93.5 Å². The lowest BCUT2D eigenvalue weighted by molar-refractivity contribution is 0.131. The lowest BCUT2D eigenvalue weighted by atomic mass is 9.57. The Morgan fingerprint density at radius 1 is 1.10 bits per heavy atom. The molecule has 6 rings (SSSR count). The Hall–Kier alpha value is -3.35. The third kappa shape index (κ3) is 5.35. The van der Waals surface area contributed by atoms with E-state index in [0.717, 1.165) is 66.9 Å². The summed E-state index contributed by atoms with van der Waals surface area (Å²) >= 11 is 0. The maximum absolute atomic E-state index is 6.78. The molecule has 6 nitrogen and oxygen atoms in total. The molecule has 1 atom stereocenters. The monoisotopic (exact) mass is 551 g/mol. The van der Waals surface area contributed by atoms with Gasteiger partial charge in [0.15, 0.2) is 0 Å². The van der Waals surface area contributed by atoms with Crippen LogP contribution in [-0.4, -0.2) is 35.1 Å². The maximum Gasteiger partial charge on any atom is 0.124 e. The number of nitrogens with two attached hydrogens (primary N) is 2. The largest absolute Gasteiger partial charge is 0.492 e. The molecule has 2 aliphatic carbocycles. The molecule has 3 aromatic rings. The van der Waals surface area contributed by atoms with Crippen molar-refractivity contribution in [1.29, 1.82) is 0 Å². The standard InChI is InChI=1S/C35H45N5O/c1-23-11-12-26(33(35(3)13-7-14-35)29-9-5-10-31(39(4)37)34(36)24(29)2)18-27(23)21-40-16-17-41-32-20-25-8-6-15-38-30(25)19-28(32)22-40/h6,8,11-12,15,18-20,33H,5,7,9-10,13-14,16-17,21-22,36-37H2,1-4H3. The van der Waals surface area contributed by atoms with Gasteiger partial charge in [-0.15, -0.1) is 0 Å². The van der Waals surface area contributed by atoms with E-state index in [2.05, 4.69) is 67.1 Å². The average molecular weight is 552 g/mol. The van der Waals surface area contributed by atoms with Crippen molar-refractivity contribution in [2.24, 2.45) is 17.0 Å². The number of aromatic nitrogens is 1. The summed E-state index contributed by atoms with van der Waals surface area (Å²) in [6.45, 7) is 10.3. The van der Waals surface area contributed by atoms with Crippen molar-refractivity contribution >= 4 is 10.9 Å². The molecule has 1 saturated carbocycles. The van der Waals surface area contributed by atoms with Gasteiger partial charge in [0.05, 0.1) is 16.9 Å². The molecule has 216 valence electrons. The van der Waals surface area contributed by atoms with E-state index < -0.39 is 0 Å². The van der Waals surface area contributed by atoms with Crippen molar-refractivity contribution < 1.29 is 4.74 Å². The Bertz CT molecular complexity index is 1520. The number of hydrogen-bond donors (Lipinski definition) is 2. The Labute approximate surface area is 245 Å². The van der Waals surface area contributed by atoms with Gasteiger partial charge in [0.25, 0.3) is 0 Å². The molecule has 0 bridgehead atoms. The zero-order valence-electron chi connectivity index (χ0n) is 25.2. The fraction of sp³-hybridized carbons (Fsp3) is 0.457. The first-order chi connectivity index (χ1) is 19.7. The molecular formula is C35H45N5O. The van der Waals surface area contributed by atoms with Gasteiger partial charge >= 0.3 is 0 Å². The summed E-state index contributed by atoms with van der Waals surface area (Å²) in [4.78, 5) is 7.11. The third-order valence-corrected chi connectivity index (χ3v) is 9.97. The van der Waals surface area contributed by atoms with Crippen LogP contribution >= 0.6 is 0 Å². The van der Waals surface area contributed by atoms with E-state index in [-0.39, 0.29) is 5.41 Å². The molecule has 41 heavy (non-hydrogen) atoms. The number of rotatable bonds is 6. The Balaban J connectivity index is 1.34. The Kier molecular flexibility index (Phi) is 7.56. The fourth-order valence-corrected chi connectivity index (χ4v) is 7.35. The van der Waals surface area contributed by atoms with Crippen LogP contribution in [0.15, 0.2) is 71.2 Å². The van der Waals surface area contributed by atoms with Crippen LogP contribution in [0, 0.1) is 12.3 Å². The first-order valence-electron chi connectivity index (χ1n) is 15.2. The minimum atomic E-state index is 0.256. The van der Waals surface area contributed by atoms with E-state index >= 15 is 0 Å². The zero-order chi connectivity index (χ0) is 28.7. The van der Waals surface area contributed by atoms with Gasteiger partial charge in [-0.3, -0.25) is 9.88 Å². The average Bonchev–Trinajstić information content (AvgIpc) is 3.22. The van der Waals surface area contributed by atoms with E-state index in [4.69, 9.17) is 16.3 Å². The molecule has 1 aliphatic heterocycles. The van der Waals surface area contributed by atoms with E-state index in [9.17, 15) is 0 Å². The quantitative estimate of drug-likeness (QED) is 0.263. The summed E-state index contributed by atoms with van der Waals surface area (Å²) in [6.07, 6.45) is 8.74. The van der Waals surface area contributed by atoms with E-state index in [1.54, 1.807) is 5.01 Å². The maximum atomic E-state index is 6.78. The van der Waals surface area contributed by atoms with Crippen molar-refractivity contribution in [3.8, 4) is 5.75 Å². The van der Waals surface area contributed by atoms with Gasteiger partial charge in [-0.2, -0.15) is 0 Å². The van der Waals surface area contributed by atoms with Crippen molar-refractivity contribution in [2.45, 2.75) is 78.3 Å². The predicted molar refractivity (Wildman–Crippen MR) is 167 cm³/mol. The minimum absolute atomic E-state index is 0.256. The lowest BCUT2D eigenvalue weighted by Gasteiger charge is -2.47. The molecule has 6 heteroatoms. The highest BCUT2D eigenvalue weighted by Gasteiger charge is 2.43. The van der Waals surface area contributed by atoms with Gasteiger partial charge in [0, 0.05) is 49.7 Å². The van der Waals surface area contributed by atoms with Gasteiger partial charge in [-0.05, 0) is 91.8 Å². The summed E-state index contributed by atoms with van der Waals surface area (Å²) in [5.74, 6) is 7.54. The number of aryl methyl sites for hydroxylation is 1. The van der Waals surface area contributed by atoms with Crippen molar-refractivity contribution in [1.82, 2.24) is 14.9 Å². The van der Waals surface area contributed by atoms with Gasteiger partial charge in [-0.1, -0.05) is 43.2 Å². The van der Waals surface area contributed by atoms with Gasteiger partial charge in [0.2, 0.25) is 0 Å². The SMILES string of the molecule is CC1=C(C(c2ccc(C)c(CN3CCOc4cc5cccnc5cc4C3)c2)C2(C)CCC2)CCCC(N(C)N)=C1N. The molecule has 0 spiro atoms. The lowest BCUT2D eigenvalue weighted by Crippen LogP contribution is -2.35. The third-order valence-electron chi connectivity index (χ3n) is 9.97. The summed E-state index contributed by atoms with van der Waals surface area (Å²) in [7, 11) is 1.91. The van der Waals surface area contributed by atoms with Crippen molar-refractivity contribution in [3.63, 3.8) is 0 Å². The summed E-state index contributed by atoms with van der Waals surface area (Å²) < 4.78 is 6.22. The van der Waals surface area contributed by atoms with Crippen LogP contribution in [0.1, 0.15) is 80.5 Å². The normalized spacial score (nSPS) is 20.1. The number of hydrogen-bond acceptors (Lipinski definition) is 6. The first-order valence-corrected chi connectivity index (χ1v) is 15.2. The zero-order valence-corrected chi connectivity index (χ0v) is 25.2. The fourth-order valence-electron chi connectivity index (χ4n) is 7.35. The molecular weight excluding hydrogens is 506 g/mol. The number of fused-ring (bicyclic) bond motifs is 2. The number of pyridine rings is 1. The molecule has 0 radical (unpaired) electrons. The number of allylic oxidation sites excluding steroid dienone is 3. The second-order valence-electron chi connectivity index (χ2n) is 12.8. The van der Waals surface area contributed by atoms with Crippen LogP contribution in [-0.2, 0) is 13.1 Å². The van der Waals surface area contributed by atoms with E-state index in [1.165, 1.54) is 52.7 Å². The van der Waals surface area contributed by atoms with Crippen LogP contribution < -0.4 is 16.3 Å². The number of nitrogens with zero attached hydrogens (tertiary/aromatic N) is 3. The van der Waals surface area contributed by atoms with Crippen LogP contribution in [0.25, 0.3) is 10.9 Å². The second kappa shape index (κ2) is 11.1. The highest BCUT2D eigenvalue weighted by atomic mass is 16.5. The summed E-state index contributed by atoms with van der Waals surface area (Å²) in [5, 5.41) is 2.84. The second-order valence-corrected chi connectivity index (χ2v) is 12.8. The molecule has 2 aromatic carbocycles. The van der Waals surface area contributed by atoms with Crippen LogP contribution in [0.5, 0.6) is 5.75 Å². The molecule has 1 aromatic heterocycles. The summed E-state index contributed by atoms with van der Waals surface area (Å²) in [6, 6.07) is 15.7. The number of hydrazine groups is 1. The molecule has 1 unspecified atom stereocenters. The highest BCUT2D eigenvalue weighted by molar-refractivity contribution is 5.81. The topological polar surface area (TPSA) is 80.6 Å². The van der Waals surface area contributed by atoms with Gasteiger partial charge in [0.1, 0.15) is 12.4 Å². The Morgan fingerprint density at radius 2 is 1.93 bits per heavy atom. The van der Waals surface area contributed by atoms with Crippen LogP contribution in [0.2, 0.25) is 0 Å². The molecule has 4 N–H and O–H groups in total. The summed E-state index contributed by atoms with van der Waals surface area (Å²) in [5.41, 5.74) is 18.1. The van der Waals surface area contributed by atoms with Crippen molar-refractivity contribution in [2.75, 3.05) is 20.2 Å². The minimum Gasteiger partial charge on any atom is -0.492 e. The van der Waals surface area contributed by atoms with Gasteiger partial charge in [-0.25, -0.2) is 5.84 Å². The van der Waals surface area contributed by atoms with Crippen LogP contribution in [0.4, 0.5) is 0 Å². The van der Waals surface area contributed by atoms with Gasteiger partial charge < -0.3 is 15.5 Å². The smallest absolute Gasteiger partial charge is 0.124 e. The number of ether oxygens (including phenoxy) is 1. The molecule has 2 heterocycles. The molecule has 0 amide bonds. The number of benzene rings is 2. The molecule has 1 fully saturated rings. The van der Waals surface area contributed by atoms with Crippen LogP contribution in [0.3, 0.4) is 0 Å². The molecule has 3 aliphatic rings. The van der Waals surface area contributed by atoms with E-state index in [0.29, 0.717) is 12.5 Å². The molecule has 0 saturated heterocycles. The highest BCUT2D eigenvalue weighted by Crippen LogP contribution is 2.56. The predicted octanol–water partition coefficient (Wildman–Crippen LogP) is 6.69.